The van der Waals surface area contributed by atoms with Crippen LogP contribution in [0.15, 0.2) is 33.9 Å². The summed E-state index contributed by atoms with van der Waals surface area (Å²) in [5.41, 5.74) is 6.18. The molecule has 0 bridgehead atoms. The van der Waals surface area contributed by atoms with Crippen molar-refractivity contribution in [2.45, 2.75) is 26.0 Å². The van der Waals surface area contributed by atoms with Crippen LogP contribution in [0, 0.1) is 0 Å². The van der Waals surface area contributed by atoms with Crippen LogP contribution < -0.4 is 21.7 Å². The highest BCUT2D eigenvalue weighted by Crippen LogP contribution is 2.15. The van der Waals surface area contributed by atoms with Gasteiger partial charge in [0.05, 0.1) is 6.54 Å². The zero-order valence-corrected chi connectivity index (χ0v) is 14.6. The number of hydrogen-bond donors (Lipinski definition) is 3. The largest absolute Gasteiger partial charge is 0.491 e. The lowest BCUT2D eigenvalue weighted by Gasteiger charge is -2.14. The number of anilines is 1. The minimum atomic E-state index is -0.919. The molecule has 2 heterocycles. The molecular formula is C17H21N5O4. The predicted molar refractivity (Wildman–Crippen MR) is 97.3 cm³/mol. The summed E-state index contributed by atoms with van der Waals surface area (Å²) < 4.78 is 8.15. The lowest BCUT2D eigenvalue weighted by molar-refractivity contribution is 0.0939. The first kappa shape index (κ1) is 17.7. The van der Waals surface area contributed by atoms with Crippen LogP contribution in [0.1, 0.15) is 12.5 Å². The minimum absolute atomic E-state index is 0.0106. The van der Waals surface area contributed by atoms with E-state index in [1.807, 2.05) is 24.3 Å². The maximum Gasteiger partial charge on any atom is 0.329 e. The summed E-state index contributed by atoms with van der Waals surface area (Å²) >= 11 is 0. The fourth-order valence-electron chi connectivity index (χ4n) is 2.71. The monoisotopic (exact) mass is 359 g/mol. The number of aliphatic hydroxyl groups is 1. The molecule has 0 aliphatic heterocycles. The van der Waals surface area contributed by atoms with E-state index in [4.69, 9.17) is 10.5 Å². The molecule has 1 aromatic carbocycles. The van der Waals surface area contributed by atoms with Crippen molar-refractivity contribution in [3.05, 3.63) is 50.7 Å². The second-order valence-electron chi connectivity index (χ2n) is 6.03. The number of H-pyrrole nitrogens is 1. The highest BCUT2D eigenvalue weighted by molar-refractivity contribution is 5.73. The number of ether oxygens (including phenoxy) is 1. The second kappa shape index (κ2) is 7.04. The molecule has 9 heteroatoms. The first-order valence-corrected chi connectivity index (χ1v) is 8.25. The van der Waals surface area contributed by atoms with Crippen molar-refractivity contribution in [1.29, 1.82) is 0 Å². The number of nitrogens with two attached hydrogens (primary N) is 1. The molecule has 2 aromatic heterocycles. The summed E-state index contributed by atoms with van der Waals surface area (Å²) in [4.78, 5) is 30.0. The van der Waals surface area contributed by atoms with Crippen molar-refractivity contribution in [1.82, 2.24) is 19.1 Å². The first-order chi connectivity index (χ1) is 12.4. The third-order valence-electron chi connectivity index (χ3n) is 4.20. The minimum Gasteiger partial charge on any atom is -0.491 e. The number of fused-ring (bicyclic) bond motifs is 1. The number of benzene rings is 1. The maximum absolute atomic E-state index is 12.1. The summed E-state index contributed by atoms with van der Waals surface area (Å²) in [5, 5.41) is 10.3. The highest BCUT2D eigenvalue weighted by atomic mass is 16.5. The van der Waals surface area contributed by atoms with E-state index >= 15 is 0 Å². The lowest BCUT2D eigenvalue weighted by Crippen LogP contribution is -2.30. The molecular weight excluding hydrogens is 338 g/mol. The molecule has 0 spiro atoms. The molecule has 26 heavy (non-hydrogen) atoms. The zero-order valence-electron chi connectivity index (χ0n) is 14.6. The van der Waals surface area contributed by atoms with Gasteiger partial charge in [0.1, 0.15) is 18.5 Å². The predicted octanol–water partition coefficient (Wildman–Crippen LogP) is 0.00780. The SMILES string of the molecule is CCc1ccc(OCC(O)Cn2c(N)nc3c2c(=O)[nH]c(=O)n3C)cc1. The average molecular weight is 359 g/mol. The summed E-state index contributed by atoms with van der Waals surface area (Å²) in [7, 11) is 1.48. The van der Waals surface area contributed by atoms with Crippen molar-refractivity contribution in [2.75, 3.05) is 12.3 Å². The van der Waals surface area contributed by atoms with E-state index < -0.39 is 17.4 Å². The van der Waals surface area contributed by atoms with Crippen molar-refractivity contribution in [3.63, 3.8) is 0 Å². The summed E-state index contributed by atoms with van der Waals surface area (Å²) in [6, 6.07) is 7.60. The molecule has 0 aliphatic carbocycles. The first-order valence-electron chi connectivity index (χ1n) is 8.25. The molecule has 0 radical (unpaired) electrons. The number of imidazole rings is 1. The maximum atomic E-state index is 12.1. The van der Waals surface area contributed by atoms with Gasteiger partial charge in [-0.1, -0.05) is 19.1 Å². The van der Waals surface area contributed by atoms with Crippen molar-refractivity contribution >= 4 is 17.1 Å². The van der Waals surface area contributed by atoms with Gasteiger partial charge in [-0.25, -0.2) is 4.79 Å². The van der Waals surface area contributed by atoms with Gasteiger partial charge < -0.3 is 20.1 Å². The molecule has 0 aliphatic rings. The number of aliphatic hydroxyl groups excluding tert-OH is 1. The third-order valence-corrected chi connectivity index (χ3v) is 4.20. The topological polar surface area (TPSA) is 128 Å². The van der Waals surface area contributed by atoms with Gasteiger partial charge >= 0.3 is 5.69 Å². The van der Waals surface area contributed by atoms with Crippen LogP contribution in [0.25, 0.3) is 11.2 Å². The van der Waals surface area contributed by atoms with Crippen molar-refractivity contribution in [3.8, 4) is 5.75 Å². The van der Waals surface area contributed by atoms with Gasteiger partial charge in [0.15, 0.2) is 11.2 Å². The smallest absolute Gasteiger partial charge is 0.329 e. The van der Waals surface area contributed by atoms with Gasteiger partial charge in [-0.3, -0.25) is 14.3 Å². The lowest BCUT2D eigenvalue weighted by atomic mass is 10.2. The molecule has 1 unspecified atom stereocenters. The van der Waals surface area contributed by atoms with E-state index in [9.17, 15) is 14.7 Å². The summed E-state index contributed by atoms with van der Waals surface area (Å²) in [5.74, 6) is 0.683. The molecule has 3 aromatic rings. The quantitative estimate of drug-likeness (QED) is 0.569. The Bertz CT molecular complexity index is 1030. The molecule has 0 amide bonds. The van der Waals surface area contributed by atoms with E-state index in [1.54, 1.807) is 0 Å². The number of aromatic amines is 1. The number of nitrogens with zero attached hydrogens (tertiary/aromatic N) is 3. The Morgan fingerprint density at radius 1 is 1.31 bits per heavy atom. The van der Waals surface area contributed by atoms with E-state index in [-0.39, 0.29) is 30.3 Å². The highest BCUT2D eigenvalue weighted by Gasteiger charge is 2.18. The van der Waals surface area contributed by atoms with Crippen LogP contribution in [0.3, 0.4) is 0 Å². The van der Waals surface area contributed by atoms with Crippen molar-refractivity contribution in [2.24, 2.45) is 7.05 Å². The van der Waals surface area contributed by atoms with E-state index in [0.717, 1.165) is 6.42 Å². The Labute approximate surface area is 148 Å². The van der Waals surface area contributed by atoms with Crippen LogP contribution in [0.4, 0.5) is 5.95 Å². The number of nitrogen functional groups attached to an aromatic ring is 1. The van der Waals surface area contributed by atoms with Crippen LogP contribution in [-0.2, 0) is 20.0 Å². The normalized spacial score (nSPS) is 12.4. The fraction of sp³-hybridized carbons (Fsp3) is 0.353. The Balaban J connectivity index is 1.78. The van der Waals surface area contributed by atoms with E-state index in [2.05, 4.69) is 16.9 Å². The van der Waals surface area contributed by atoms with E-state index in [1.165, 1.54) is 21.7 Å². The van der Waals surface area contributed by atoms with Gasteiger partial charge in [0.2, 0.25) is 5.95 Å². The molecule has 0 saturated heterocycles. The molecule has 0 saturated carbocycles. The molecule has 138 valence electrons. The summed E-state index contributed by atoms with van der Waals surface area (Å²) in [6.07, 6.45) is 0.0182. The Hall–Kier alpha value is -3.07. The van der Waals surface area contributed by atoms with Crippen LogP contribution in [0.5, 0.6) is 5.75 Å². The molecule has 1 atom stereocenters. The molecule has 4 N–H and O–H groups in total. The number of rotatable bonds is 6. The van der Waals surface area contributed by atoms with Gasteiger partial charge in [-0.05, 0) is 24.1 Å². The molecule has 9 nitrogen and oxygen atoms in total. The Morgan fingerprint density at radius 3 is 2.65 bits per heavy atom. The molecule has 3 rings (SSSR count). The van der Waals surface area contributed by atoms with Gasteiger partial charge in [0.25, 0.3) is 5.56 Å². The van der Waals surface area contributed by atoms with Gasteiger partial charge in [-0.2, -0.15) is 4.98 Å². The third kappa shape index (κ3) is 3.33. The second-order valence-corrected chi connectivity index (χ2v) is 6.03. The average Bonchev–Trinajstić information content (AvgIpc) is 2.95. The number of hydrogen-bond acceptors (Lipinski definition) is 6. The number of aromatic nitrogens is 4. The zero-order chi connectivity index (χ0) is 18.8. The summed E-state index contributed by atoms with van der Waals surface area (Å²) in [6.45, 7) is 2.10. The Kier molecular flexibility index (Phi) is 4.81. The van der Waals surface area contributed by atoms with Crippen LogP contribution in [0.2, 0.25) is 0 Å². The van der Waals surface area contributed by atoms with E-state index in [0.29, 0.717) is 5.75 Å². The van der Waals surface area contributed by atoms with Crippen LogP contribution >= 0.6 is 0 Å². The van der Waals surface area contributed by atoms with Gasteiger partial charge in [-0.15, -0.1) is 0 Å². The van der Waals surface area contributed by atoms with Crippen LogP contribution in [-0.4, -0.2) is 36.9 Å². The van der Waals surface area contributed by atoms with Crippen molar-refractivity contribution < 1.29 is 9.84 Å². The molecule has 0 fully saturated rings. The number of aryl methyl sites for hydroxylation is 2. The van der Waals surface area contributed by atoms with Gasteiger partial charge in [0, 0.05) is 7.05 Å². The number of nitrogens with one attached hydrogen (secondary N) is 1. The standard InChI is InChI=1S/C17H21N5O4/c1-3-10-4-6-12(7-5-10)26-9-11(23)8-22-13-14(19-16(22)18)21(2)17(25)20-15(13)24/h4-7,11,23H,3,8-9H2,1-2H3,(H2,18,19)(H,20,24,25). The Morgan fingerprint density at radius 2 is 2.00 bits per heavy atom. The fourth-order valence-corrected chi connectivity index (χ4v) is 2.71.